The average molecular weight is 294 g/mol. The molecule has 0 N–H and O–H groups in total. The second-order valence-corrected chi connectivity index (χ2v) is 5.20. The van der Waals surface area contributed by atoms with Gasteiger partial charge in [0, 0.05) is 5.92 Å². The lowest BCUT2D eigenvalue weighted by atomic mass is 9.89. The van der Waals surface area contributed by atoms with Crippen molar-refractivity contribution in [1.29, 1.82) is 0 Å². The standard InChI is InChI=1S/C19H18O3/c1-3-14(13-9-5-4-6-10-13)17-18(21-2)15-11-7-8-12-16(15)22-19(17)20/h4-12,14H,3H2,1-2H3/t14-/m1/s1. The van der Waals surface area contributed by atoms with E-state index in [-0.39, 0.29) is 11.5 Å². The Labute approximate surface area is 129 Å². The van der Waals surface area contributed by atoms with Crippen molar-refractivity contribution in [2.24, 2.45) is 0 Å². The fraction of sp³-hybridized carbons (Fsp3) is 0.211. The molecular weight excluding hydrogens is 276 g/mol. The van der Waals surface area contributed by atoms with Gasteiger partial charge < -0.3 is 9.15 Å². The molecule has 0 saturated carbocycles. The van der Waals surface area contributed by atoms with Gasteiger partial charge in [-0.15, -0.1) is 0 Å². The topological polar surface area (TPSA) is 39.4 Å². The van der Waals surface area contributed by atoms with E-state index < -0.39 is 0 Å². The van der Waals surface area contributed by atoms with Gasteiger partial charge in [-0.05, 0) is 24.1 Å². The number of benzene rings is 2. The van der Waals surface area contributed by atoms with Crippen LogP contribution >= 0.6 is 0 Å². The van der Waals surface area contributed by atoms with Gasteiger partial charge in [0.25, 0.3) is 0 Å². The number of hydrogen-bond acceptors (Lipinski definition) is 3. The van der Waals surface area contributed by atoms with Crippen LogP contribution in [0.15, 0.2) is 63.8 Å². The summed E-state index contributed by atoms with van der Waals surface area (Å²) in [6.45, 7) is 2.06. The predicted molar refractivity (Wildman–Crippen MR) is 87.6 cm³/mol. The van der Waals surface area contributed by atoms with Gasteiger partial charge in [0.2, 0.25) is 0 Å². The highest BCUT2D eigenvalue weighted by Gasteiger charge is 2.23. The van der Waals surface area contributed by atoms with Crippen LogP contribution < -0.4 is 10.4 Å². The van der Waals surface area contributed by atoms with Gasteiger partial charge >= 0.3 is 5.63 Å². The summed E-state index contributed by atoms with van der Waals surface area (Å²) in [5.74, 6) is 0.569. The lowest BCUT2D eigenvalue weighted by molar-refractivity contribution is 0.402. The Kier molecular flexibility index (Phi) is 3.96. The van der Waals surface area contributed by atoms with Crippen LogP contribution in [-0.4, -0.2) is 7.11 Å². The summed E-state index contributed by atoms with van der Waals surface area (Å²) in [6.07, 6.45) is 0.795. The van der Waals surface area contributed by atoms with E-state index in [4.69, 9.17) is 9.15 Å². The zero-order valence-electron chi connectivity index (χ0n) is 12.7. The molecule has 1 heterocycles. The minimum absolute atomic E-state index is 0.0444. The molecule has 2 aromatic carbocycles. The maximum atomic E-state index is 12.5. The van der Waals surface area contributed by atoms with E-state index in [1.807, 2.05) is 48.5 Å². The normalized spacial score (nSPS) is 12.3. The van der Waals surface area contributed by atoms with Gasteiger partial charge in [-0.1, -0.05) is 49.4 Å². The minimum Gasteiger partial charge on any atom is -0.495 e. The number of methoxy groups -OCH3 is 1. The highest BCUT2D eigenvalue weighted by atomic mass is 16.5. The molecule has 1 aromatic heterocycles. The molecule has 0 saturated heterocycles. The third-order valence-electron chi connectivity index (χ3n) is 3.96. The Morgan fingerprint density at radius 3 is 2.41 bits per heavy atom. The molecule has 0 bridgehead atoms. The molecule has 0 aliphatic rings. The highest BCUT2D eigenvalue weighted by molar-refractivity contribution is 5.84. The third-order valence-corrected chi connectivity index (χ3v) is 3.96. The summed E-state index contributed by atoms with van der Waals surface area (Å²) in [5.41, 5.74) is 1.91. The number of para-hydroxylation sites is 1. The Hall–Kier alpha value is -2.55. The molecule has 0 fully saturated rings. The first-order valence-electron chi connectivity index (χ1n) is 7.41. The third kappa shape index (κ3) is 2.39. The van der Waals surface area contributed by atoms with Crippen molar-refractivity contribution in [2.45, 2.75) is 19.3 Å². The summed E-state index contributed by atoms with van der Waals surface area (Å²) in [5, 5.41) is 0.828. The van der Waals surface area contributed by atoms with Crippen molar-refractivity contribution >= 4 is 11.0 Å². The molecule has 0 radical (unpaired) electrons. The van der Waals surface area contributed by atoms with E-state index in [1.54, 1.807) is 13.2 Å². The zero-order valence-corrected chi connectivity index (χ0v) is 12.7. The van der Waals surface area contributed by atoms with E-state index >= 15 is 0 Å². The van der Waals surface area contributed by atoms with Crippen LogP contribution in [0.5, 0.6) is 5.75 Å². The first-order chi connectivity index (χ1) is 10.8. The highest BCUT2D eigenvalue weighted by Crippen LogP contribution is 2.36. The summed E-state index contributed by atoms with van der Waals surface area (Å²) in [4.78, 5) is 12.5. The fourth-order valence-corrected chi connectivity index (χ4v) is 2.95. The summed E-state index contributed by atoms with van der Waals surface area (Å²) >= 11 is 0. The molecule has 1 atom stereocenters. The van der Waals surface area contributed by atoms with Crippen molar-refractivity contribution in [3.05, 3.63) is 76.1 Å². The molecule has 112 valence electrons. The minimum atomic E-state index is -0.328. The molecule has 3 heteroatoms. The number of fused-ring (bicyclic) bond motifs is 1. The molecule has 0 unspecified atom stereocenters. The van der Waals surface area contributed by atoms with Crippen LogP contribution in [0, 0.1) is 0 Å². The second-order valence-electron chi connectivity index (χ2n) is 5.20. The second kappa shape index (κ2) is 6.06. The first-order valence-corrected chi connectivity index (χ1v) is 7.41. The summed E-state index contributed by atoms with van der Waals surface area (Å²) in [6, 6.07) is 17.4. The molecule has 3 nitrogen and oxygen atoms in total. The Balaban J connectivity index is 2.29. The molecule has 0 aliphatic carbocycles. The molecule has 0 amide bonds. The fourth-order valence-electron chi connectivity index (χ4n) is 2.95. The predicted octanol–water partition coefficient (Wildman–Crippen LogP) is 4.34. The largest absolute Gasteiger partial charge is 0.495 e. The van der Waals surface area contributed by atoms with Crippen molar-refractivity contribution in [2.75, 3.05) is 7.11 Å². The molecular formula is C19H18O3. The number of rotatable bonds is 4. The van der Waals surface area contributed by atoms with Gasteiger partial charge in [-0.25, -0.2) is 4.79 Å². The van der Waals surface area contributed by atoms with Gasteiger partial charge in [-0.2, -0.15) is 0 Å². The Bertz CT molecular complexity index is 834. The van der Waals surface area contributed by atoms with Crippen LogP contribution in [0.4, 0.5) is 0 Å². The lowest BCUT2D eigenvalue weighted by Crippen LogP contribution is -2.15. The number of hydrogen-bond donors (Lipinski definition) is 0. The number of ether oxygens (including phenoxy) is 1. The SMILES string of the molecule is CC[C@H](c1ccccc1)c1c(OC)c2ccccc2oc1=O. The Morgan fingerprint density at radius 1 is 1.05 bits per heavy atom. The quantitative estimate of drug-likeness (QED) is 0.672. The average Bonchev–Trinajstić information content (AvgIpc) is 2.57. The van der Waals surface area contributed by atoms with Gasteiger partial charge in [-0.3, -0.25) is 0 Å². The molecule has 0 aliphatic heterocycles. The zero-order chi connectivity index (χ0) is 15.5. The Morgan fingerprint density at radius 2 is 1.73 bits per heavy atom. The summed E-state index contributed by atoms with van der Waals surface area (Å²) in [7, 11) is 1.60. The lowest BCUT2D eigenvalue weighted by Gasteiger charge is -2.18. The monoisotopic (exact) mass is 294 g/mol. The van der Waals surface area contributed by atoms with Crippen LogP contribution in [0.25, 0.3) is 11.0 Å². The van der Waals surface area contributed by atoms with Gasteiger partial charge in [0.05, 0.1) is 18.1 Å². The van der Waals surface area contributed by atoms with E-state index in [0.29, 0.717) is 16.9 Å². The molecule has 3 aromatic rings. The van der Waals surface area contributed by atoms with Crippen LogP contribution in [0.2, 0.25) is 0 Å². The first kappa shape index (κ1) is 14.4. The van der Waals surface area contributed by atoms with Crippen molar-refractivity contribution in [3.63, 3.8) is 0 Å². The molecule has 0 spiro atoms. The van der Waals surface area contributed by atoms with E-state index in [2.05, 4.69) is 6.92 Å². The molecule has 3 rings (SSSR count). The van der Waals surface area contributed by atoms with Crippen LogP contribution in [-0.2, 0) is 0 Å². The van der Waals surface area contributed by atoms with E-state index in [9.17, 15) is 4.79 Å². The van der Waals surface area contributed by atoms with Crippen molar-refractivity contribution < 1.29 is 9.15 Å². The van der Waals surface area contributed by atoms with Crippen molar-refractivity contribution in [3.8, 4) is 5.75 Å². The van der Waals surface area contributed by atoms with Gasteiger partial charge in [0.15, 0.2) is 0 Å². The van der Waals surface area contributed by atoms with Crippen molar-refractivity contribution in [1.82, 2.24) is 0 Å². The molecule has 22 heavy (non-hydrogen) atoms. The maximum Gasteiger partial charge on any atom is 0.343 e. The summed E-state index contributed by atoms with van der Waals surface area (Å²) < 4.78 is 11.1. The van der Waals surface area contributed by atoms with E-state index in [1.165, 1.54) is 0 Å². The smallest absolute Gasteiger partial charge is 0.343 e. The van der Waals surface area contributed by atoms with E-state index in [0.717, 1.165) is 17.4 Å². The van der Waals surface area contributed by atoms with Crippen LogP contribution in [0.3, 0.4) is 0 Å². The van der Waals surface area contributed by atoms with Crippen LogP contribution in [0.1, 0.15) is 30.4 Å². The maximum absolute atomic E-state index is 12.5. The van der Waals surface area contributed by atoms with Gasteiger partial charge in [0.1, 0.15) is 11.3 Å².